The van der Waals surface area contributed by atoms with Gasteiger partial charge in [-0.1, -0.05) is 30.3 Å². The molecule has 0 aliphatic rings. The Morgan fingerprint density at radius 3 is 2.53 bits per heavy atom. The highest BCUT2D eigenvalue weighted by atomic mass is 19.1. The van der Waals surface area contributed by atoms with Crippen molar-refractivity contribution >= 4 is 39.2 Å². The van der Waals surface area contributed by atoms with Gasteiger partial charge in [0.15, 0.2) is 11.6 Å². The molecule has 0 atom stereocenters. The van der Waals surface area contributed by atoms with E-state index < -0.39 is 5.82 Å². The lowest BCUT2D eigenvalue weighted by Crippen LogP contribution is -2.20. The van der Waals surface area contributed by atoms with Gasteiger partial charge in [0.1, 0.15) is 17.2 Å². The number of nitrogens with zero attached hydrogens (tertiary/aromatic N) is 5. The first kappa shape index (κ1) is 29.7. The molecule has 4 N–H and O–H groups in total. The summed E-state index contributed by atoms with van der Waals surface area (Å²) in [6, 6.07) is 20.8. The Hall–Kier alpha value is -6.01. The van der Waals surface area contributed by atoms with Crippen LogP contribution >= 0.6 is 0 Å². The van der Waals surface area contributed by atoms with E-state index in [0.717, 1.165) is 6.54 Å². The summed E-state index contributed by atoms with van der Waals surface area (Å²) < 4.78 is 31.0. The number of imidazole rings is 1. The van der Waals surface area contributed by atoms with Crippen molar-refractivity contribution in [1.82, 2.24) is 35.0 Å². The molecule has 0 radical (unpaired) electrons. The number of anilines is 2. The summed E-state index contributed by atoms with van der Waals surface area (Å²) in [6.07, 6.45) is 4.45. The predicted molar refractivity (Wildman–Crippen MR) is 179 cm³/mol. The van der Waals surface area contributed by atoms with Gasteiger partial charge in [-0.25, -0.2) is 13.8 Å². The normalized spacial score (nSPS) is 11.4. The van der Waals surface area contributed by atoms with Gasteiger partial charge in [-0.15, -0.1) is 0 Å². The van der Waals surface area contributed by atoms with Gasteiger partial charge < -0.3 is 20.5 Å². The molecule has 0 bridgehead atoms. The number of aromatic nitrogens is 6. The van der Waals surface area contributed by atoms with Crippen LogP contribution in [-0.4, -0.2) is 68.1 Å². The van der Waals surface area contributed by atoms with Crippen LogP contribution in [0.3, 0.4) is 0 Å². The summed E-state index contributed by atoms with van der Waals surface area (Å²) in [4.78, 5) is 31.3. The third-order valence-electron chi connectivity index (χ3n) is 7.68. The second kappa shape index (κ2) is 12.4. The van der Waals surface area contributed by atoms with Crippen LogP contribution in [0.2, 0.25) is 0 Å². The Morgan fingerprint density at radius 2 is 1.70 bits per heavy atom. The van der Waals surface area contributed by atoms with Gasteiger partial charge in [0.2, 0.25) is 0 Å². The van der Waals surface area contributed by atoms with E-state index in [9.17, 15) is 9.18 Å². The van der Waals surface area contributed by atoms with Gasteiger partial charge in [0, 0.05) is 41.7 Å². The minimum atomic E-state index is -0.626. The first-order valence-corrected chi connectivity index (χ1v) is 14.9. The van der Waals surface area contributed by atoms with Gasteiger partial charge in [-0.3, -0.25) is 19.9 Å². The maximum Gasteiger partial charge on any atom is 0.255 e. The van der Waals surface area contributed by atoms with E-state index in [1.54, 1.807) is 30.3 Å². The summed E-state index contributed by atoms with van der Waals surface area (Å²) in [6.45, 7) is 1.45. The van der Waals surface area contributed by atoms with Gasteiger partial charge in [-0.05, 0) is 62.1 Å². The van der Waals surface area contributed by atoms with Gasteiger partial charge in [0.25, 0.3) is 5.91 Å². The van der Waals surface area contributed by atoms with Gasteiger partial charge in [-0.2, -0.15) is 5.10 Å². The molecule has 0 unspecified atom stereocenters. The zero-order chi connectivity index (χ0) is 32.5. The van der Waals surface area contributed by atoms with Crippen molar-refractivity contribution in [2.24, 2.45) is 0 Å². The van der Waals surface area contributed by atoms with Crippen LogP contribution in [0.5, 0.6) is 0 Å². The van der Waals surface area contributed by atoms with Crippen molar-refractivity contribution in [3.05, 3.63) is 109 Å². The van der Waals surface area contributed by atoms with E-state index in [1.165, 1.54) is 30.7 Å². The fourth-order valence-corrected chi connectivity index (χ4v) is 5.43. The van der Waals surface area contributed by atoms with Crippen LogP contribution in [0.15, 0.2) is 91.4 Å². The number of amides is 1. The second-order valence-electron chi connectivity index (χ2n) is 11.3. The van der Waals surface area contributed by atoms with Crippen molar-refractivity contribution in [3.63, 3.8) is 0 Å². The van der Waals surface area contributed by atoms with E-state index in [0.29, 0.717) is 62.5 Å². The number of carbonyl (C=O) groups is 1. The topological polar surface area (TPSA) is 128 Å². The van der Waals surface area contributed by atoms with Crippen LogP contribution in [0.1, 0.15) is 10.4 Å². The minimum Gasteiger partial charge on any atom is -0.384 e. The van der Waals surface area contributed by atoms with Crippen LogP contribution in [-0.2, 0) is 0 Å². The number of hydrogen-bond acceptors (Lipinski definition) is 7. The van der Waals surface area contributed by atoms with Crippen molar-refractivity contribution in [2.45, 2.75) is 0 Å². The average Bonchev–Trinajstić information content (AvgIpc) is 3.70. The predicted octanol–water partition coefficient (Wildman–Crippen LogP) is 6.73. The fraction of sp³-hybridized carbons (Fsp3) is 0.114. The maximum absolute atomic E-state index is 16.3. The number of halogens is 2. The lowest BCUT2D eigenvalue weighted by Gasteiger charge is -2.13. The summed E-state index contributed by atoms with van der Waals surface area (Å²) in [5.41, 5.74) is 5.21. The van der Waals surface area contributed by atoms with Crippen molar-refractivity contribution in [1.29, 1.82) is 0 Å². The number of H-pyrrole nitrogens is 2. The monoisotopic (exact) mass is 629 g/mol. The molecule has 7 rings (SSSR count). The molecule has 0 saturated heterocycles. The zero-order valence-corrected chi connectivity index (χ0v) is 25.5. The van der Waals surface area contributed by atoms with Crippen LogP contribution in [0.4, 0.5) is 20.2 Å². The average molecular weight is 630 g/mol. The van der Waals surface area contributed by atoms with E-state index >= 15 is 4.39 Å². The lowest BCUT2D eigenvalue weighted by molar-refractivity contribution is 0.102. The van der Waals surface area contributed by atoms with E-state index in [1.807, 2.05) is 49.3 Å². The molecule has 47 heavy (non-hydrogen) atoms. The Labute approximate surface area is 267 Å². The number of carbonyl (C=O) groups excluding carboxylic acids is 1. The Bertz CT molecular complexity index is 2250. The number of likely N-dealkylation sites (N-methyl/N-ethyl adjacent to an activating group) is 1. The highest BCUT2D eigenvalue weighted by Gasteiger charge is 2.22. The Kier molecular flexibility index (Phi) is 7.84. The number of fused-ring (bicyclic) bond motifs is 2. The molecule has 0 fully saturated rings. The van der Waals surface area contributed by atoms with Crippen LogP contribution < -0.4 is 10.6 Å². The summed E-state index contributed by atoms with van der Waals surface area (Å²) >= 11 is 0. The van der Waals surface area contributed by atoms with Crippen LogP contribution in [0.25, 0.3) is 55.8 Å². The summed E-state index contributed by atoms with van der Waals surface area (Å²) in [7, 11) is 3.95. The highest BCUT2D eigenvalue weighted by molar-refractivity contribution is 6.04. The van der Waals surface area contributed by atoms with Gasteiger partial charge >= 0.3 is 0 Å². The molecule has 0 spiro atoms. The number of nitrogens with one attached hydrogen (secondary N) is 4. The molecule has 10 nitrogen and oxygen atoms in total. The number of para-hydroxylation sites is 1. The zero-order valence-electron chi connectivity index (χ0n) is 25.5. The molecule has 0 aliphatic heterocycles. The van der Waals surface area contributed by atoms with Crippen molar-refractivity contribution < 1.29 is 13.6 Å². The SMILES string of the molecule is CN(C)CCNc1cc(F)cc(-c2cccc3[nH]c(-c4n[nH]c5cnc(-c6cncc(NC(=O)c7ccccc7)c6)c(F)c45)nc23)c1. The fourth-order valence-electron chi connectivity index (χ4n) is 5.43. The molecule has 0 aliphatic carbocycles. The third kappa shape index (κ3) is 6.01. The van der Waals surface area contributed by atoms with Crippen molar-refractivity contribution in [3.8, 4) is 33.9 Å². The number of pyridine rings is 2. The summed E-state index contributed by atoms with van der Waals surface area (Å²) in [5, 5.41) is 13.5. The van der Waals surface area contributed by atoms with Crippen molar-refractivity contribution in [2.75, 3.05) is 37.8 Å². The van der Waals surface area contributed by atoms with Crippen LogP contribution in [0, 0.1) is 11.6 Å². The molecule has 7 aromatic rings. The lowest BCUT2D eigenvalue weighted by atomic mass is 10.0. The highest BCUT2D eigenvalue weighted by Crippen LogP contribution is 2.35. The molecule has 4 heterocycles. The molecule has 12 heteroatoms. The minimum absolute atomic E-state index is 0.0364. The Morgan fingerprint density at radius 1 is 0.872 bits per heavy atom. The molecule has 1 amide bonds. The number of rotatable bonds is 9. The second-order valence-corrected chi connectivity index (χ2v) is 11.3. The van der Waals surface area contributed by atoms with E-state index in [2.05, 4.69) is 35.8 Å². The molecule has 0 saturated carbocycles. The molecule has 4 aromatic heterocycles. The quantitative estimate of drug-likeness (QED) is 0.139. The number of benzene rings is 3. The Balaban J connectivity index is 1.24. The first-order valence-electron chi connectivity index (χ1n) is 14.9. The molecular weight excluding hydrogens is 600 g/mol. The molecular formula is C35H29F2N9O. The maximum atomic E-state index is 16.3. The standard InChI is InChI=1S/C35H29F2N9O/c1-46(2)12-11-39-24-14-21(13-23(36)16-24)26-9-6-10-27-32(26)43-34(42-27)33-29-28(44-45-33)19-40-31(30(29)37)22-15-25(18-38-17-22)41-35(47)20-7-4-3-5-8-20/h3-10,13-19,39H,11-12H2,1-2H3,(H,41,47)(H,42,43)(H,44,45). The number of hydrogen-bond donors (Lipinski definition) is 4. The van der Waals surface area contributed by atoms with Gasteiger partial charge in [0.05, 0.1) is 40.0 Å². The molecule has 234 valence electrons. The third-order valence-corrected chi connectivity index (χ3v) is 7.68. The first-order chi connectivity index (χ1) is 22.8. The molecule has 3 aromatic carbocycles. The largest absolute Gasteiger partial charge is 0.384 e. The van der Waals surface area contributed by atoms with E-state index in [-0.39, 0.29) is 28.5 Å². The number of aromatic amines is 2. The van der Waals surface area contributed by atoms with E-state index in [4.69, 9.17) is 4.98 Å². The smallest absolute Gasteiger partial charge is 0.255 e. The summed E-state index contributed by atoms with van der Waals surface area (Å²) in [5.74, 6) is -0.984.